The van der Waals surface area contributed by atoms with Crippen LogP contribution in [0.2, 0.25) is 0 Å². The highest BCUT2D eigenvalue weighted by molar-refractivity contribution is 9.10. The number of aromatic nitrogens is 1. The maximum atomic E-state index is 4.28. The Morgan fingerprint density at radius 1 is 1.12 bits per heavy atom. The third-order valence-electron chi connectivity index (χ3n) is 2.55. The molecule has 17 heavy (non-hydrogen) atoms. The molecule has 0 spiro atoms. The first kappa shape index (κ1) is 12.3. The monoisotopic (exact) mass is 290 g/mol. The Kier molecular flexibility index (Phi) is 4.29. The Hall–Kier alpha value is -1.19. The largest absolute Gasteiger partial charge is 0.313 e. The Labute approximate surface area is 110 Å². The minimum Gasteiger partial charge on any atom is -0.313 e. The summed E-state index contributed by atoms with van der Waals surface area (Å²) in [5.41, 5.74) is 3.57. The summed E-state index contributed by atoms with van der Waals surface area (Å²) in [6.45, 7) is 3.95. The Bertz CT molecular complexity index is 480. The number of halogens is 1. The van der Waals surface area contributed by atoms with E-state index in [1.165, 1.54) is 11.1 Å². The highest BCUT2D eigenvalue weighted by atomic mass is 79.9. The average Bonchev–Trinajstić information content (AvgIpc) is 2.37. The normalized spacial score (nSPS) is 10.5. The molecular formula is C14H15BrN2. The van der Waals surface area contributed by atoms with Crippen LogP contribution in [0.4, 0.5) is 0 Å². The number of rotatable bonds is 4. The lowest BCUT2D eigenvalue weighted by Gasteiger charge is -2.05. The molecule has 0 unspecified atom stereocenters. The highest BCUT2D eigenvalue weighted by Crippen LogP contribution is 2.21. The Balaban J connectivity index is 2.23. The van der Waals surface area contributed by atoms with Gasteiger partial charge in [-0.15, -0.1) is 0 Å². The van der Waals surface area contributed by atoms with Crippen molar-refractivity contribution < 1.29 is 0 Å². The van der Waals surface area contributed by atoms with Crippen molar-refractivity contribution in [3.05, 3.63) is 52.8 Å². The average molecular weight is 291 g/mol. The number of hydrogen-bond acceptors (Lipinski definition) is 2. The van der Waals surface area contributed by atoms with Crippen LogP contribution in [-0.2, 0) is 6.54 Å². The maximum Gasteiger partial charge on any atom is 0.0346 e. The van der Waals surface area contributed by atoms with E-state index in [2.05, 4.69) is 51.4 Å². The van der Waals surface area contributed by atoms with Gasteiger partial charge in [0, 0.05) is 29.0 Å². The molecule has 1 aromatic carbocycles. The van der Waals surface area contributed by atoms with Gasteiger partial charge in [-0.1, -0.05) is 35.0 Å². The summed E-state index contributed by atoms with van der Waals surface area (Å²) in [5, 5.41) is 3.30. The second kappa shape index (κ2) is 5.94. The summed E-state index contributed by atoms with van der Waals surface area (Å²) in [5.74, 6) is 0. The molecule has 0 saturated carbocycles. The van der Waals surface area contributed by atoms with Gasteiger partial charge in [0.25, 0.3) is 0 Å². The fourth-order valence-electron chi connectivity index (χ4n) is 1.65. The molecule has 1 N–H and O–H groups in total. The number of hydrogen-bond donors (Lipinski definition) is 1. The quantitative estimate of drug-likeness (QED) is 0.930. The van der Waals surface area contributed by atoms with Crippen LogP contribution < -0.4 is 5.32 Å². The first-order valence-electron chi connectivity index (χ1n) is 5.70. The third kappa shape index (κ3) is 3.38. The SMILES string of the molecule is CCNCc1cncc(-c2ccc(Br)cc2)c1. The van der Waals surface area contributed by atoms with E-state index in [1.807, 2.05) is 24.5 Å². The summed E-state index contributed by atoms with van der Waals surface area (Å²) in [7, 11) is 0. The molecule has 0 radical (unpaired) electrons. The lowest BCUT2D eigenvalue weighted by Crippen LogP contribution is -2.11. The molecule has 0 aliphatic carbocycles. The summed E-state index contributed by atoms with van der Waals surface area (Å²) >= 11 is 3.44. The van der Waals surface area contributed by atoms with Gasteiger partial charge in [0.2, 0.25) is 0 Å². The lowest BCUT2D eigenvalue weighted by molar-refractivity contribution is 0.724. The van der Waals surface area contributed by atoms with Gasteiger partial charge in [0.15, 0.2) is 0 Å². The van der Waals surface area contributed by atoms with Crippen LogP contribution in [0, 0.1) is 0 Å². The fourth-order valence-corrected chi connectivity index (χ4v) is 1.92. The van der Waals surface area contributed by atoms with Gasteiger partial charge >= 0.3 is 0 Å². The molecule has 0 bridgehead atoms. The summed E-state index contributed by atoms with van der Waals surface area (Å²) in [6, 6.07) is 10.5. The van der Waals surface area contributed by atoms with E-state index in [0.29, 0.717) is 0 Å². The van der Waals surface area contributed by atoms with Gasteiger partial charge in [0.05, 0.1) is 0 Å². The van der Waals surface area contributed by atoms with E-state index in [0.717, 1.165) is 23.1 Å². The summed E-state index contributed by atoms with van der Waals surface area (Å²) in [6.07, 6.45) is 3.81. The molecule has 2 nitrogen and oxygen atoms in total. The molecule has 0 aliphatic rings. The van der Waals surface area contributed by atoms with E-state index in [9.17, 15) is 0 Å². The van der Waals surface area contributed by atoms with Gasteiger partial charge in [-0.3, -0.25) is 4.98 Å². The molecule has 0 fully saturated rings. The van der Waals surface area contributed by atoms with Gasteiger partial charge in [-0.2, -0.15) is 0 Å². The number of nitrogens with one attached hydrogen (secondary N) is 1. The fraction of sp³-hybridized carbons (Fsp3) is 0.214. The van der Waals surface area contributed by atoms with Crippen molar-refractivity contribution in [1.82, 2.24) is 10.3 Å². The molecule has 0 saturated heterocycles. The highest BCUT2D eigenvalue weighted by Gasteiger charge is 2.00. The molecule has 2 rings (SSSR count). The van der Waals surface area contributed by atoms with E-state index < -0.39 is 0 Å². The van der Waals surface area contributed by atoms with Gasteiger partial charge in [-0.25, -0.2) is 0 Å². The van der Waals surface area contributed by atoms with Crippen molar-refractivity contribution in [3.8, 4) is 11.1 Å². The van der Waals surface area contributed by atoms with Crippen molar-refractivity contribution in [2.75, 3.05) is 6.54 Å². The molecule has 0 atom stereocenters. The van der Waals surface area contributed by atoms with Crippen LogP contribution in [0.25, 0.3) is 11.1 Å². The van der Waals surface area contributed by atoms with Crippen LogP contribution in [0.15, 0.2) is 47.2 Å². The minimum absolute atomic E-state index is 0.869. The van der Waals surface area contributed by atoms with Crippen molar-refractivity contribution in [1.29, 1.82) is 0 Å². The van der Waals surface area contributed by atoms with Crippen LogP contribution >= 0.6 is 15.9 Å². The van der Waals surface area contributed by atoms with Crippen molar-refractivity contribution in [2.45, 2.75) is 13.5 Å². The standard InChI is InChI=1S/C14H15BrN2/c1-2-16-8-11-7-13(10-17-9-11)12-3-5-14(15)6-4-12/h3-7,9-10,16H,2,8H2,1H3. The van der Waals surface area contributed by atoms with Gasteiger partial charge < -0.3 is 5.32 Å². The van der Waals surface area contributed by atoms with Crippen molar-refractivity contribution >= 4 is 15.9 Å². The predicted octanol–water partition coefficient (Wildman–Crippen LogP) is 3.62. The smallest absolute Gasteiger partial charge is 0.0346 e. The zero-order valence-electron chi connectivity index (χ0n) is 9.78. The second-order valence-corrected chi connectivity index (χ2v) is 4.78. The molecule has 3 heteroatoms. The van der Waals surface area contributed by atoms with Gasteiger partial charge in [0.1, 0.15) is 0 Å². The third-order valence-corrected chi connectivity index (χ3v) is 3.08. The molecule has 1 aromatic heterocycles. The number of nitrogens with zero attached hydrogens (tertiary/aromatic N) is 1. The van der Waals surface area contributed by atoms with Crippen LogP contribution in [0.5, 0.6) is 0 Å². The zero-order valence-corrected chi connectivity index (χ0v) is 11.4. The Morgan fingerprint density at radius 2 is 1.88 bits per heavy atom. The molecule has 0 aliphatic heterocycles. The number of benzene rings is 1. The molecule has 0 amide bonds. The van der Waals surface area contributed by atoms with Gasteiger partial charge in [-0.05, 0) is 35.9 Å². The van der Waals surface area contributed by atoms with E-state index in [4.69, 9.17) is 0 Å². The lowest BCUT2D eigenvalue weighted by atomic mass is 10.1. The van der Waals surface area contributed by atoms with Crippen LogP contribution in [-0.4, -0.2) is 11.5 Å². The molecule has 2 aromatic rings. The molecular weight excluding hydrogens is 276 g/mol. The molecule has 88 valence electrons. The predicted molar refractivity (Wildman–Crippen MR) is 74.8 cm³/mol. The number of pyridine rings is 1. The van der Waals surface area contributed by atoms with E-state index in [1.54, 1.807) is 0 Å². The minimum atomic E-state index is 0.869. The first-order valence-corrected chi connectivity index (χ1v) is 6.49. The Morgan fingerprint density at radius 3 is 2.59 bits per heavy atom. The topological polar surface area (TPSA) is 24.9 Å². The second-order valence-electron chi connectivity index (χ2n) is 3.87. The van der Waals surface area contributed by atoms with Crippen molar-refractivity contribution in [3.63, 3.8) is 0 Å². The van der Waals surface area contributed by atoms with Crippen LogP contribution in [0.3, 0.4) is 0 Å². The first-order chi connectivity index (χ1) is 8.29. The maximum absolute atomic E-state index is 4.28. The molecule has 1 heterocycles. The zero-order chi connectivity index (χ0) is 12.1. The van der Waals surface area contributed by atoms with Crippen LogP contribution in [0.1, 0.15) is 12.5 Å². The van der Waals surface area contributed by atoms with Crippen molar-refractivity contribution in [2.24, 2.45) is 0 Å². The summed E-state index contributed by atoms with van der Waals surface area (Å²) in [4.78, 5) is 4.28. The van der Waals surface area contributed by atoms with E-state index >= 15 is 0 Å². The van der Waals surface area contributed by atoms with E-state index in [-0.39, 0.29) is 0 Å². The summed E-state index contributed by atoms with van der Waals surface area (Å²) < 4.78 is 1.10.